The summed E-state index contributed by atoms with van der Waals surface area (Å²) >= 11 is 0. The summed E-state index contributed by atoms with van der Waals surface area (Å²) < 4.78 is 0. The molecule has 2 nitrogen and oxygen atoms in total. The van der Waals surface area contributed by atoms with Crippen LogP contribution in [-0.4, -0.2) is 17.5 Å². The van der Waals surface area contributed by atoms with Crippen LogP contribution < -0.4 is 5.73 Å². The SMILES string of the molecule is NC1CC(N2CCCC3CCCCC32)c2ccccc21. The van der Waals surface area contributed by atoms with Gasteiger partial charge in [0, 0.05) is 18.1 Å². The van der Waals surface area contributed by atoms with E-state index in [0.29, 0.717) is 6.04 Å². The Kier molecular flexibility index (Phi) is 3.31. The van der Waals surface area contributed by atoms with E-state index in [1.165, 1.54) is 56.2 Å². The number of likely N-dealkylation sites (tertiary alicyclic amines) is 1. The number of piperidine rings is 1. The Bertz CT molecular complexity index is 482. The van der Waals surface area contributed by atoms with Crippen LogP contribution in [0.4, 0.5) is 0 Å². The molecule has 108 valence electrons. The third-order valence-electron chi connectivity index (χ3n) is 5.92. The van der Waals surface area contributed by atoms with Gasteiger partial charge in [0.25, 0.3) is 0 Å². The lowest BCUT2D eigenvalue weighted by Gasteiger charge is -2.47. The van der Waals surface area contributed by atoms with Gasteiger partial charge in [0.1, 0.15) is 0 Å². The zero-order chi connectivity index (χ0) is 13.5. The monoisotopic (exact) mass is 270 g/mol. The molecule has 0 aromatic heterocycles. The first-order valence-corrected chi connectivity index (χ1v) is 8.45. The third-order valence-corrected chi connectivity index (χ3v) is 5.92. The first-order chi connectivity index (χ1) is 9.84. The minimum atomic E-state index is 0.250. The Morgan fingerprint density at radius 1 is 0.950 bits per heavy atom. The summed E-state index contributed by atoms with van der Waals surface area (Å²) in [4.78, 5) is 2.83. The van der Waals surface area contributed by atoms with E-state index in [0.717, 1.165) is 18.4 Å². The van der Waals surface area contributed by atoms with E-state index >= 15 is 0 Å². The van der Waals surface area contributed by atoms with E-state index in [1.807, 2.05) is 0 Å². The van der Waals surface area contributed by atoms with Crippen LogP contribution in [0.2, 0.25) is 0 Å². The predicted octanol–water partition coefficient (Wildman–Crippen LogP) is 3.79. The normalized spacial score (nSPS) is 37.5. The first kappa shape index (κ1) is 12.8. The van der Waals surface area contributed by atoms with Gasteiger partial charge in [0.05, 0.1) is 0 Å². The van der Waals surface area contributed by atoms with Crippen molar-refractivity contribution in [3.8, 4) is 0 Å². The highest BCUT2D eigenvalue weighted by atomic mass is 15.2. The van der Waals surface area contributed by atoms with E-state index in [-0.39, 0.29) is 6.04 Å². The van der Waals surface area contributed by atoms with Gasteiger partial charge in [-0.15, -0.1) is 0 Å². The van der Waals surface area contributed by atoms with Crippen LogP contribution in [0.3, 0.4) is 0 Å². The molecule has 1 saturated heterocycles. The molecule has 3 aliphatic rings. The van der Waals surface area contributed by atoms with Crippen LogP contribution in [0, 0.1) is 5.92 Å². The summed E-state index contributed by atoms with van der Waals surface area (Å²) in [6.45, 7) is 1.28. The molecule has 1 heterocycles. The average molecular weight is 270 g/mol. The van der Waals surface area contributed by atoms with Gasteiger partial charge >= 0.3 is 0 Å². The predicted molar refractivity (Wildman–Crippen MR) is 82.4 cm³/mol. The fraction of sp³-hybridized carbons (Fsp3) is 0.667. The molecular formula is C18H26N2. The highest BCUT2D eigenvalue weighted by molar-refractivity contribution is 5.37. The zero-order valence-corrected chi connectivity index (χ0v) is 12.3. The Morgan fingerprint density at radius 2 is 1.70 bits per heavy atom. The molecule has 4 rings (SSSR count). The Hall–Kier alpha value is -0.860. The number of rotatable bonds is 1. The van der Waals surface area contributed by atoms with E-state index in [2.05, 4.69) is 29.2 Å². The van der Waals surface area contributed by atoms with Crippen molar-refractivity contribution in [3.63, 3.8) is 0 Å². The number of nitrogens with two attached hydrogens (primary N) is 1. The topological polar surface area (TPSA) is 29.3 Å². The summed E-state index contributed by atoms with van der Waals surface area (Å²) in [5.74, 6) is 0.960. The number of hydrogen-bond donors (Lipinski definition) is 1. The van der Waals surface area contributed by atoms with Crippen LogP contribution >= 0.6 is 0 Å². The second-order valence-electron chi connectivity index (χ2n) is 6.98. The Morgan fingerprint density at radius 3 is 2.60 bits per heavy atom. The molecule has 2 N–H and O–H groups in total. The minimum absolute atomic E-state index is 0.250. The van der Waals surface area contributed by atoms with Crippen molar-refractivity contribution in [2.75, 3.05) is 6.54 Å². The lowest BCUT2D eigenvalue weighted by atomic mass is 9.77. The van der Waals surface area contributed by atoms with E-state index in [4.69, 9.17) is 5.73 Å². The maximum atomic E-state index is 6.38. The molecule has 1 aromatic rings. The zero-order valence-electron chi connectivity index (χ0n) is 12.3. The quantitative estimate of drug-likeness (QED) is 0.841. The van der Waals surface area contributed by atoms with Crippen molar-refractivity contribution in [3.05, 3.63) is 35.4 Å². The van der Waals surface area contributed by atoms with E-state index in [1.54, 1.807) is 0 Å². The van der Waals surface area contributed by atoms with Crippen molar-refractivity contribution in [2.24, 2.45) is 11.7 Å². The standard InChI is InChI=1S/C18H26N2/c19-16-12-18(15-9-3-2-8-14(15)16)20-11-5-7-13-6-1-4-10-17(13)20/h2-3,8-9,13,16-18H,1,4-7,10-12,19H2. The summed E-state index contributed by atoms with van der Waals surface area (Å²) in [6.07, 6.45) is 9.73. The first-order valence-electron chi connectivity index (χ1n) is 8.45. The summed E-state index contributed by atoms with van der Waals surface area (Å²) in [6, 6.07) is 10.6. The van der Waals surface area contributed by atoms with Crippen molar-refractivity contribution in [1.29, 1.82) is 0 Å². The van der Waals surface area contributed by atoms with Crippen LogP contribution in [0.15, 0.2) is 24.3 Å². The van der Waals surface area contributed by atoms with Gasteiger partial charge in [0.2, 0.25) is 0 Å². The third kappa shape index (κ3) is 2.01. The molecule has 0 spiro atoms. The molecule has 20 heavy (non-hydrogen) atoms. The molecule has 2 heteroatoms. The van der Waals surface area contributed by atoms with Gasteiger partial charge in [-0.3, -0.25) is 4.90 Å². The lowest BCUT2D eigenvalue weighted by Crippen LogP contribution is -2.48. The maximum Gasteiger partial charge on any atom is 0.0372 e. The van der Waals surface area contributed by atoms with Crippen LogP contribution in [0.1, 0.15) is 68.2 Å². The van der Waals surface area contributed by atoms with Gasteiger partial charge < -0.3 is 5.73 Å². The Labute approximate surface area is 122 Å². The van der Waals surface area contributed by atoms with Gasteiger partial charge in [0.15, 0.2) is 0 Å². The molecule has 1 saturated carbocycles. The lowest BCUT2D eigenvalue weighted by molar-refractivity contribution is 0.0239. The minimum Gasteiger partial charge on any atom is -0.324 e. The number of benzene rings is 1. The van der Waals surface area contributed by atoms with E-state index < -0.39 is 0 Å². The molecule has 4 atom stereocenters. The fourth-order valence-corrected chi connectivity index (χ4v) is 5.01. The van der Waals surface area contributed by atoms with Crippen LogP contribution in [0.25, 0.3) is 0 Å². The van der Waals surface area contributed by atoms with Crippen LogP contribution in [-0.2, 0) is 0 Å². The van der Waals surface area contributed by atoms with Crippen molar-refractivity contribution in [1.82, 2.24) is 4.90 Å². The molecule has 1 aliphatic heterocycles. The molecule has 2 aliphatic carbocycles. The highest BCUT2D eigenvalue weighted by Crippen LogP contribution is 2.46. The maximum absolute atomic E-state index is 6.38. The summed E-state index contributed by atoms with van der Waals surface area (Å²) in [5, 5.41) is 0. The number of nitrogens with zero attached hydrogens (tertiary/aromatic N) is 1. The Balaban J connectivity index is 1.64. The summed E-state index contributed by atoms with van der Waals surface area (Å²) in [5.41, 5.74) is 9.30. The van der Waals surface area contributed by atoms with Crippen molar-refractivity contribution < 1.29 is 0 Å². The fourth-order valence-electron chi connectivity index (χ4n) is 5.01. The molecule has 1 aromatic carbocycles. The molecule has 0 bridgehead atoms. The summed E-state index contributed by atoms with van der Waals surface area (Å²) in [7, 11) is 0. The highest BCUT2D eigenvalue weighted by Gasteiger charge is 2.40. The number of fused-ring (bicyclic) bond motifs is 2. The van der Waals surface area contributed by atoms with Gasteiger partial charge in [-0.1, -0.05) is 37.1 Å². The smallest absolute Gasteiger partial charge is 0.0372 e. The molecular weight excluding hydrogens is 244 g/mol. The van der Waals surface area contributed by atoms with Crippen molar-refractivity contribution in [2.45, 2.75) is 63.1 Å². The van der Waals surface area contributed by atoms with Crippen molar-refractivity contribution >= 4 is 0 Å². The average Bonchev–Trinajstić information content (AvgIpc) is 2.84. The second-order valence-corrected chi connectivity index (χ2v) is 6.98. The molecule has 2 fully saturated rings. The molecule has 0 radical (unpaired) electrons. The second kappa shape index (κ2) is 5.16. The molecule has 0 amide bonds. The van der Waals surface area contributed by atoms with Crippen LogP contribution in [0.5, 0.6) is 0 Å². The number of hydrogen-bond acceptors (Lipinski definition) is 2. The van der Waals surface area contributed by atoms with Gasteiger partial charge in [-0.25, -0.2) is 0 Å². The van der Waals surface area contributed by atoms with Gasteiger partial charge in [-0.05, 0) is 55.7 Å². The van der Waals surface area contributed by atoms with Gasteiger partial charge in [-0.2, -0.15) is 0 Å². The largest absolute Gasteiger partial charge is 0.324 e. The molecule has 4 unspecified atom stereocenters. The van der Waals surface area contributed by atoms with E-state index in [9.17, 15) is 0 Å².